The molecule has 0 bridgehead atoms. The first-order chi connectivity index (χ1) is 5.92. The van der Waals surface area contributed by atoms with E-state index in [1.54, 1.807) is 0 Å². The number of pyridine rings is 1. The van der Waals surface area contributed by atoms with Crippen LogP contribution in [0.25, 0.3) is 0 Å². The minimum Gasteiger partial charge on any atom is -0.315 e. The van der Waals surface area contributed by atoms with Gasteiger partial charge in [-0.2, -0.15) is 11.8 Å². The van der Waals surface area contributed by atoms with Gasteiger partial charge in [-0.25, -0.2) is 0 Å². The third kappa shape index (κ3) is 1.34. The van der Waals surface area contributed by atoms with Crippen molar-refractivity contribution in [2.45, 2.75) is 11.3 Å². The minimum absolute atomic E-state index is 0.615. The number of likely N-dealkylation sites (N-methyl/N-ethyl adjacent to an activating group) is 1. The van der Waals surface area contributed by atoms with E-state index >= 15 is 0 Å². The van der Waals surface area contributed by atoms with E-state index in [4.69, 9.17) is 0 Å². The molecular formula is C9H12N2S. The third-order valence-electron chi connectivity index (χ3n) is 2.20. The quantitative estimate of drug-likeness (QED) is 0.746. The van der Waals surface area contributed by atoms with Crippen molar-refractivity contribution >= 4 is 11.8 Å². The Bertz CT molecular complexity index is 248. The van der Waals surface area contributed by atoms with Crippen molar-refractivity contribution in [2.75, 3.05) is 12.8 Å². The third-order valence-corrected chi connectivity index (χ3v) is 3.72. The standard InChI is InChI=1S/C9H12N2S/c1-10-8-6-12-9(8)7-3-2-4-11-5-7/h2-5,8-10H,6H2,1H3. The number of hydrogen-bond donors (Lipinski definition) is 1. The van der Waals surface area contributed by atoms with Gasteiger partial charge in [-0.1, -0.05) is 6.07 Å². The maximum Gasteiger partial charge on any atom is 0.0474 e. The Morgan fingerprint density at radius 2 is 2.58 bits per heavy atom. The van der Waals surface area contributed by atoms with Crippen molar-refractivity contribution in [3.05, 3.63) is 30.1 Å². The molecule has 2 unspecified atom stereocenters. The summed E-state index contributed by atoms with van der Waals surface area (Å²) in [6.45, 7) is 0. The van der Waals surface area contributed by atoms with Crippen molar-refractivity contribution in [1.82, 2.24) is 10.3 Å². The number of hydrogen-bond acceptors (Lipinski definition) is 3. The summed E-state index contributed by atoms with van der Waals surface area (Å²) >= 11 is 1.99. The fourth-order valence-corrected chi connectivity index (χ4v) is 2.61. The molecule has 1 aliphatic heterocycles. The molecule has 1 N–H and O–H groups in total. The van der Waals surface area contributed by atoms with Crippen molar-refractivity contribution in [2.24, 2.45) is 0 Å². The summed E-state index contributed by atoms with van der Waals surface area (Å²) in [6, 6.07) is 4.79. The minimum atomic E-state index is 0.615. The first-order valence-electron chi connectivity index (χ1n) is 4.10. The molecule has 2 nitrogen and oxygen atoms in total. The van der Waals surface area contributed by atoms with Crippen molar-refractivity contribution in [3.63, 3.8) is 0 Å². The van der Waals surface area contributed by atoms with Gasteiger partial charge < -0.3 is 5.32 Å². The number of nitrogens with one attached hydrogen (secondary N) is 1. The zero-order chi connectivity index (χ0) is 8.39. The lowest BCUT2D eigenvalue weighted by Crippen LogP contribution is -2.40. The molecule has 0 aliphatic carbocycles. The van der Waals surface area contributed by atoms with Gasteiger partial charge in [0.05, 0.1) is 0 Å². The van der Waals surface area contributed by atoms with Gasteiger partial charge in [-0.15, -0.1) is 0 Å². The fraction of sp³-hybridized carbons (Fsp3) is 0.444. The van der Waals surface area contributed by atoms with E-state index in [0.717, 1.165) is 0 Å². The molecule has 1 aromatic rings. The molecule has 0 radical (unpaired) electrons. The average Bonchev–Trinajstić information content (AvgIpc) is 2.05. The zero-order valence-corrected chi connectivity index (χ0v) is 7.84. The summed E-state index contributed by atoms with van der Waals surface area (Å²) < 4.78 is 0. The van der Waals surface area contributed by atoms with Gasteiger partial charge in [-0.3, -0.25) is 4.98 Å². The van der Waals surface area contributed by atoms with Gasteiger partial charge in [-0.05, 0) is 18.7 Å². The van der Waals surface area contributed by atoms with Crippen molar-refractivity contribution in [1.29, 1.82) is 0 Å². The molecule has 2 rings (SSSR count). The van der Waals surface area contributed by atoms with Crippen molar-refractivity contribution < 1.29 is 0 Å². The second-order valence-corrected chi connectivity index (χ2v) is 4.11. The SMILES string of the molecule is CNC1CSC1c1cccnc1. The van der Waals surface area contributed by atoms with Gasteiger partial charge in [0, 0.05) is 29.4 Å². The first-order valence-corrected chi connectivity index (χ1v) is 5.15. The predicted octanol–water partition coefficient (Wildman–Crippen LogP) is 1.46. The molecule has 2 heterocycles. The lowest BCUT2D eigenvalue weighted by Gasteiger charge is -2.35. The summed E-state index contributed by atoms with van der Waals surface area (Å²) in [5.41, 5.74) is 1.34. The molecule has 12 heavy (non-hydrogen) atoms. The Hall–Kier alpha value is -0.540. The van der Waals surface area contributed by atoms with E-state index in [2.05, 4.69) is 16.4 Å². The van der Waals surface area contributed by atoms with E-state index in [9.17, 15) is 0 Å². The molecule has 1 aromatic heterocycles. The molecule has 0 saturated carbocycles. The van der Waals surface area contributed by atoms with Crippen LogP contribution < -0.4 is 5.32 Å². The van der Waals surface area contributed by atoms with Crippen LogP contribution in [0, 0.1) is 0 Å². The molecule has 0 amide bonds. The van der Waals surface area contributed by atoms with Gasteiger partial charge >= 0.3 is 0 Å². The molecule has 64 valence electrons. The fourth-order valence-electron chi connectivity index (χ4n) is 1.40. The second-order valence-electron chi connectivity index (χ2n) is 2.94. The molecule has 1 saturated heterocycles. The van der Waals surface area contributed by atoms with Gasteiger partial charge in [0.1, 0.15) is 0 Å². The zero-order valence-electron chi connectivity index (χ0n) is 7.03. The van der Waals surface area contributed by atoms with Crippen LogP contribution in [-0.4, -0.2) is 23.8 Å². The molecule has 0 aromatic carbocycles. The molecule has 2 atom stereocenters. The summed E-state index contributed by atoms with van der Waals surface area (Å²) in [4.78, 5) is 4.12. The van der Waals surface area contributed by atoms with E-state index in [0.29, 0.717) is 11.3 Å². The maximum atomic E-state index is 4.12. The van der Waals surface area contributed by atoms with Gasteiger partial charge in [0.2, 0.25) is 0 Å². The lowest BCUT2D eigenvalue weighted by atomic mass is 10.1. The number of aromatic nitrogens is 1. The first kappa shape index (κ1) is 8.08. The Morgan fingerprint density at radius 3 is 3.08 bits per heavy atom. The lowest BCUT2D eigenvalue weighted by molar-refractivity contribution is 0.572. The maximum absolute atomic E-state index is 4.12. The second kappa shape index (κ2) is 3.46. The monoisotopic (exact) mass is 180 g/mol. The summed E-state index contributed by atoms with van der Waals surface area (Å²) in [5, 5.41) is 3.92. The van der Waals surface area contributed by atoms with Crippen molar-refractivity contribution in [3.8, 4) is 0 Å². The van der Waals surface area contributed by atoms with Crippen LogP contribution in [0.15, 0.2) is 24.5 Å². The topological polar surface area (TPSA) is 24.9 Å². The van der Waals surface area contributed by atoms with Crippen LogP contribution in [0.2, 0.25) is 0 Å². The highest BCUT2D eigenvalue weighted by Gasteiger charge is 2.31. The van der Waals surface area contributed by atoms with Crippen LogP contribution >= 0.6 is 11.8 Å². The Kier molecular flexibility index (Phi) is 2.33. The predicted molar refractivity (Wildman–Crippen MR) is 52.3 cm³/mol. The highest BCUT2D eigenvalue weighted by molar-refractivity contribution is 8.01. The van der Waals surface area contributed by atoms with Gasteiger partial charge in [0.15, 0.2) is 0 Å². The van der Waals surface area contributed by atoms with Crippen LogP contribution in [0.1, 0.15) is 10.8 Å². The van der Waals surface area contributed by atoms with Crippen LogP contribution in [0.5, 0.6) is 0 Å². The molecular weight excluding hydrogens is 168 g/mol. The Labute approximate surface area is 76.8 Å². The molecule has 0 spiro atoms. The number of nitrogens with zero attached hydrogens (tertiary/aromatic N) is 1. The molecule has 1 fully saturated rings. The van der Waals surface area contributed by atoms with Crippen LogP contribution in [0.4, 0.5) is 0 Å². The summed E-state index contributed by atoms with van der Waals surface area (Å²) in [7, 11) is 2.02. The highest BCUT2D eigenvalue weighted by atomic mass is 32.2. The summed E-state index contributed by atoms with van der Waals surface area (Å²) in [5.74, 6) is 1.22. The Balaban J connectivity index is 2.11. The van der Waals surface area contributed by atoms with E-state index in [1.807, 2.05) is 37.3 Å². The number of thioether (sulfide) groups is 1. The highest BCUT2D eigenvalue weighted by Crippen LogP contribution is 2.41. The Morgan fingerprint density at radius 1 is 1.67 bits per heavy atom. The largest absolute Gasteiger partial charge is 0.315 e. The van der Waals surface area contributed by atoms with Crippen LogP contribution in [-0.2, 0) is 0 Å². The molecule has 1 aliphatic rings. The average molecular weight is 180 g/mol. The van der Waals surface area contributed by atoms with Gasteiger partial charge in [0.25, 0.3) is 0 Å². The van der Waals surface area contributed by atoms with E-state index in [-0.39, 0.29) is 0 Å². The normalized spacial score (nSPS) is 28.1. The van der Waals surface area contributed by atoms with Crippen LogP contribution in [0.3, 0.4) is 0 Å². The number of rotatable bonds is 2. The van der Waals surface area contributed by atoms with E-state index in [1.165, 1.54) is 11.3 Å². The van der Waals surface area contributed by atoms with E-state index < -0.39 is 0 Å². The summed E-state index contributed by atoms with van der Waals surface area (Å²) in [6.07, 6.45) is 3.78. The molecule has 3 heteroatoms. The smallest absolute Gasteiger partial charge is 0.0474 e.